The van der Waals surface area contributed by atoms with Gasteiger partial charge in [-0.25, -0.2) is 4.79 Å². The van der Waals surface area contributed by atoms with Crippen molar-refractivity contribution in [3.8, 4) is 5.75 Å². The summed E-state index contributed by atoms with van der Waals surface area (Å²) >= 11 is 2.77. The van der Waals surface area contributed by atoms with Crippen LogP contribution in [0.15, 0.2) is 42.1 Å². The molecule has 10 heteroatoms. The van der Waals surface area contributed by atoms with E-state index in [-0.39, 0.29) is 17.8 Å². The van der Waals surface area contributed by atoms with Crippen LogP contribution in [0.4, 0.5) is 5.00 Å². The lowest BCUT2D eigenvalue weighted by Crippen LogP contribution is -2.17. The number of ether oxygens (including phenoxy) is 2. The molecule has 0 saturated heterocycles. The smallest absolute Gasteiger partial charge is 0.341 e. The molecule has 0 fully saturated rings. The Hall–Kier alpha value is -3.11. The average Bonchev–Trinajstić information content (AvgIpc) is 3.39. The Bertz CT molecular complexity index is 1280. The third-order valence-electron chi connectivity index (χ3n) is 6.46. The molecule has 3 aromatic rings. The number of allylic oxidation sites excluding steroid dienone is 1. The summed E-state index contributed by atoms with van der Waals surface area (Å²) < 4.78 is 13.1. The van der Waals surface area contributed by atoms with Crippen LogP contribution in [0.3, 0.4) is 0 Å². The van der Waals surface area contributed by atoms with Crippen LogP contribution in [0.5, 0.6) is 5.75 Å². The third-order valence-corrected chi connectivity index (χ3v) is 8.64. The predicted octanol–water partition coefficient (Wildman–Crippen LogP) is 6.01. The quantitative estimate of drug-likeness (QED) is 0.134. The maximum atomic E-state index is 13.0. The Morgan fingerprint density at radius 1 is 1.21 bits per heavy atom. The van der Waals surface area contributed by atoms with Gasteiger partial charge in [-0.2, -0.15) is 0 Å². The molecule has 1 unspecified atom stereocenters. The number of carbonyl (C=O) groups excluding carboxylic acids is 2. The zero-order valence-electron chi connectivity index (χ0n) is 22.1. The van der Waals surface area contributed by atoms with Crippen LogP contribution in [0.2, 0.25) is 0 Å². The third kappa shape index (κ3) is 6.47. The second-order valence-electron chi connectivity index (χ2n) is 9.09. The normalized spacial score (nSPS) is 13.8. The lowest BCUT2D eigenvalue weighted by molar-refractivity contribution is -0.113. The van der Waals surface area contributed by atoms with Crippen LogP contribution in [0.25, 0.3) is 0 Å². The molecular formula is C28H34N4O4S2. The molecule has 1 amide bonds. The van der Waals surface area contributed by atoms with E-state index in [0.29, 0.717) is 28.1 Å². The van der Waals surface area contributed by atoms with Crippen LogP contribution in [0.1, 0.15) is 71.4 Å². The molecule has 202 valence electrons. The summed E-state index contributed by atoms with van der Waals surface area (Å²) in [5.41, 5.74) is 2.77. The Morgan fingerprint density at radius 2 is 1.97 bits per heavy atom. The van der Waals surface area contributed by atoms with Crippen molar-refractivity contribution >= 4 is 40.0 Å². The second-order valence-corrected chi connectivity index (χ2v) is 11.1. The molecule has 4 rings (SSSR count). The lowest BCUT2D eigenvalue weighted by Gasteiger charge is -2.16. The average molecular weight is 555 g/mol. The number of carbonyl (C=O) groups is 2. The molecule has 0 radical (unpaired) electrons. The van der Waals surface area contributed by atoms with Crippen molar-refractivity contribution in [3.63, 3.8) is 0 Å². The number of hydrogen-bond donors (Lipinski definition) is 1. The van der Waals surface area contributed by atoms with E-state index >= 15 is 0 Å². The number of esters is 1. The zero-order valence-corrected chi connectivity index (χ0v) is 23.8. The van der Waals surface area contributed by atoms with Crippen molar-refractivity contribution < 1.29 is 19.1 Å². The number of fused-ring (bicyclic) bond motifs is 1. The standard InChI is InChI=1S/C28H34N4O4S2/c1-5-16-32-25(18(3)36-20-14-12-19(6-2)13-15-20)30-31-28(32)37-17-23(33)29-26-24(27(34)35-4)21-10-8-7-9-11-22(21)38-26/h5,12-15,18H,1,6-11,16-17H2,2-4H3,(H,29,33). The highest BCUT2D eigenvalue weighted by Crippen LogP contribution is 2.38. The number of aromatic nitrogens is 3. The minimum Gasteiger partial charge on any atom is -0.483 e. The number of hydrogen-bond acceptors (Lipinski definition) is 8. The van der Waals surface area contributed by atoms with Crippen molar-refractivity contribution in [2.45, 2.75) is 70.2 Å². The first kappa shape index (κ1) is 27.9. The molecule has 1 N–H and O–H groups in total. The molecule has 1 aliphatic carbocycles. The van der Waals surface area contributed by atoms with E-state index in [1.54, 1.807) is 6.08 Å². The van der Waals surface area contributed by atoms with Gasteiger partial charge in [0.15, 0.2) is 17.1 Å². The highest BCUT2D eigenvalue weighted by molar-refractivity contribution is 7.99. The topological polar surface area (TPSA) is 95.3 Å². The van der Waals surface area contributed by atoms with Gasteiger partial charge >= 0.3 is 5.97 Å². The predicted molar refractivity (Wildman–Crippen MR) is 151 cm³/mol. The van der Waals surface area contributed by atoms with Gasteiger partial charge in [0.25, 0.3) is 0 Å². The number of nitrogens with zero attached hydrogens (tertiary/aromatic N) is 3. The van der Waals surface area contributed by atoms with Crippen LogP contribution in [-0.2, 0) is 35.3 Å². The Labute approximate surface area is 231 Å². The molecule has 38 heavy (non-hydrogen) atoms. The monoisotopic (exact) mass is 554 g/mol. The number of anilines is 1. The number of thiophene rings is 1. The molecule has 1 aliphatic rings. The zero-order chi connectivity index (χ0) is 27.1. The summed E-state index contributed by atoms with van der Waals surface area (Å²) in [6, 6.07) is 8.01. The summed E-state index contributed by atoms with van der Waals surface area (Å²) in [4.78, 5) is 26.7. The molecular weight excluding hydrogens is 520 g/mol. The van der Waals surface area contributed by atoms with Gasteiger partial charge < -0.3 is 14.8 Å². The van der Waals surface area contributed by atoms with Crippen molar-refractivity contribution in [2.24, 2.45) is 0 Å². The van der Waals surface area contributed by atoms with Crippen molar-refractivity contribution in [1.82, 2.24) is 14.8 Å². The first-order valence-corrected chi connectivity index (χ1v) is 14.7. The first-order valence-electron chi connectivity index (χ1n) is 12.9. The van der Waals surface area contributed by atoms with Crippen molar-refractivity contribution in [3.05, 3.63) is 64.3 Å². The van der Waals surface area contributed by atoms with Crippen LogP contribution < -0.4 is 10.1 Å². The van der Waals surface area contributed by atoms with E-state index in [0.717, 1.165) is 49.8 Å². The summed E-state index contributed by atoms with van der Waals surface area (Å²) in [7, 11) is 1.37. The molecule has 1 aromatic carbocycles. The van der Waals surface area contributed by atoms with Gasteiger partial charge in [-0.05, 0) is 62.3 Å². The molecule has 0 bridgehead atoms. The van der Waals surface area contributed by atoms with Gasteiger partial charge in [-0.1, -0.05) is 43.3 Å². The summed E-state index contributed by atoms with van der Waals surface area (Å²) in [5.74, 6) is 0.911. The summed E-state index contributed by atoms with van der Waals surface area (Å²) in [5, 5.41) is 12.8. The lowest BCUT2D eigenvalue weighted by atomic mass is 10.1. The number of amides is 1. The number of aryl methyl sites for hydroxylation is 2. The molecule has 0 spiro atoms. The van der Waals surface area contributed by atoms with E-state index in [1.807, 2.05) is 35.8 Å². The molecule has 2 aromatic heterocycles. The Morgan fingerprint density at radius 3 is 2.68 bits per heavy atom. The Kier molecular flexibility index (Phi) is 9.63. The molecule has 0 saturated carbocycles. The van der Waals surface area contributed by atoms with Gasteiger partial charge in [0.05, 0.1) is 18.4 Å². The fourth-order valence-corrected chi connectivity index (χ4v) is 6.56. The van der Waals surface area contributed by atoms with Gasteiger partial charge in [0, 0.05) is 11.4 Å². The molecule has 2 heterocycles. The number of rotatable bonds is 11. The SMILES string of the molecule is C=CCn1c(SCC(=O)Nc2sc3c(c2C(=O)OC)CCCCC3)nnc1C(C)Oc1ccc(CC)cc1. The highest BCUT2D eigenvalue weighted by atomic mass is 32.2. The minimum atomic E-state index is -0.402. The van der Waals surface area contributed by atoms with E-state index in [1.165, 1.54) is 40.6 Å². The Balaban J connectivity index is 1.45. The van der Waals surface area contributed by atoms with E-state index in [9.17, 15) is 9.59 Å². The van der Waals surface area contributed by atoms with Crippen molar-refractivity contribution in [1.29, 1.82) is 0 Å². The minimum absolute atomic E-state index is 0.117. The van der Waals surface area contributed by atoms with Crippen LogP contribution >= 0.6 is 23.1 Å². The van der Waals surface area contributed by atoms with Crippen molar-refractivity contribution in [2.75, 3.05) is 18.2 Å². The number of benzene rings is 1. The van der Waals surface area contributed by atoms with E-state index < -0.39 is 5.97 Å². The fourth-order valence-electron chi connectivity index (χ4n) is 4.51. The maximum absolute atomic E-state index is 13.0. The molecule has 0 aliphatic heterocycles. The van der Waals surface area contributed by atoms with Crippen LogP contribution in [0, 0.1) is 0 Å². The van der Waals surface area contributed by atoms with E-state index in [4.69, 9.17) is 9.47 Å². The maximum Gasteiger partial charge on any atom is 0.341 e. The first-order chi connectivity index (χ1) is 18.4. The van der Waals surface area contributed by atoms with Gasteiger partial charge in [-0.15, -0.1) is 28.1 Å². The summed E-state index contributed by atoms with van der Waals surface area (Å²) in [6.45, 7) is 8.38. The largest absolute Gasteiger partial charge is 0.483 e. The van der Waals surface area contributed by atoms with E-state index in [2.05, 4.69) is 29.0 Å². The fraction of sp³-hybridized carbons (Fsp3) is 0.429. The van der Waals surface area contributed by atoms with Gasteiger partial charge in [-0.3, -0.25) is 9.36 Å². The number of methoxy groups -OCH3 is 1. The van der Waals surface area contributed by atoms with Gasteiger partial charge in [0.2, 0.25) is 5.91 Å². The number of thioether (sulfide) groups is 1. The highest BCUT2D eigenvalue weighted by Gasteiger charge is 2.27. The van der Waals surface area contributed by atoms with Crippen LogP contribution in [-0.4, -0.2) is 39.5 Å². The summed E-state index contributed by atoms with van der Waals surface area (Å²) in [6.07, 6.45) is 7.40. The molecule has 8 nitrogen and oxygen atoms in total. The molecule has 1 atom stereocenters. The number of nitrogens with one attached hydrogen (secondary N) is 1. The van der Waals surface area contributed by atoms with Gasteiger partial charge in [0.1, 0.15) is 10.8 Å². The second kappa shape index (κ2) is 13.1.